The summed E-state index contributed by atoms with van der Waals surface area (Å²) in [6, 6.07) is 15.5. The minimum atomic E-state index is -3.11. The summed E-state index contributed by atoms with van der Waals surface area (Å²) in [5.74, 6) is -2.72. The number of ether oxygens (including phenoxy) is 1. The van der Waals surface area contributed by atoms with Gasteiger partial charge in [0.2, 0.25) is 0 Å². The highest BCUT2D eigenvalue weighted by atomic mass is 19.3. The van der Waals surface area contributed by atoms with Gasteiger partial charge in [-0.25, -0.2) is 0 Å². The Hall–Kier alpha value is -2.31. The molecule has 6 heteroatoms. The molecule has 1 heterocycles. The fourth-order valence-corrected chi connectivity index (χ4v) is 3.35. The molecule has 0 amide bonds. The van der Waals surface area contributed by atoms with Crippen molar-refractivity contribution in [3.8, 4) is 5.75 Å². The van der Waals surface area contributed by atoms with Crippen molar-refractivity contribution in [3.05, 3.63) is 65.7 Å². The first-order chi connectivity index (χ1) is 13.6. The monoisotopic (exact) mass is 388 g/mol. The zero-order valence-electron chi connectivity index (χ0n) is 15.8. The first-order valence-electron chi connectivity index (χ1n) is 9.66. The van der Waals surface area contributed by atoms with Crippen LogP contribution in [0.3, 0.4) is 0 Å². The molecule has 0 spiro atoms. The normalized spacial score (nSPS) is 16.5. The highest BCUT2D eigenvalue weighted by molar-refractivity contribution is 5.57. The zero-order chi connectivity index (χ0) is 19.8. The van der Waals surface area contributed by atoms with Crippen molar-refractivity contribution in [2.75, 3.05) is 19.6 Å². The molecule has 28 heavy (non-hydrogen) atoms. The van der Waals surface area contributed by atoms with Gasteiger partial charge in [0.15, 0.2) is 6.29 Å². The summed E-state index contributed by atoms with van der Waals surface area (Å²) in [7, 11) is 0. The second-order valence-electron chi connectivity index (χ2n) is 7.07. The third-order valence-electron chi connectivity index (χ3n) is 4.95. The summed E-state index contributed by atoms with van der Waals surface area (Å²) in [6.07, 6.45) is 3.13. The van der Waals surface area contributed by atoms with Crippen LogP contribution in [0, 0.1) is 0 Å². The van der Waals surface area contributed by atoms with Crippen molar-refractivity contribution < 1.29 is 18.3 Å². The van der Waals surface area contributed by atoms with Gasteiger partial charge in [0.25, 0.3) is 5.92 Å². The molecule has 0 radical (unpaired) electrons. The van der Waals surface area contributed by atoms with Crippen molar-refractivity contribution in [2.45, 2.75) is 38.0 Å². The van der Waals surface area contributed by atoms with Crippen LogP contribution >= 0.6 is 0 Å². The topological polar surface area (TPSA) is 41.6 Å². The average molecular weight is 388 g/mol. The van der Waals surface area contributed by atoms with E-state index in [2.05, 4.69) is 5.32 Å². The van der Waals surface area contributed by atoms with Crippen LogP contribution in [-0.2, 0) is 17.3 Å². The Bertz CT molecular complexity index is 749. The predicted molar refractivity (Wildman–Crippen MR) is 104 cm³/mol. The lowest BCUT2D eigenvalue weighted by atomic mass is 10.1. The van der Waals surface area contributed by atoms with Crippen molar-refractivity contribution in [3.63, 3.8) is 0 Å². The van der Waals surface area contributed by atoms with E-state index in [0.717, 1.165) is 37.9 Å². The summed E-state index contributed by atoms with van der Waals surface area (Å²) >= 11 is 0. The third-order valence-corrected chi connectivity index (χ3v) is 4.95. The largest absolute Gasteiger partial charge is 0.489 e. The number of carbonyl (C=O) groups is 1. The van der Waals surface area contributed by atoms with E-state index in [1.54, 1.807) is 12.1 Å². The van der Waals surface area contributed by atoms with Gasteiger partial charge in [-0.2, -0.15) is 8.78 Å². The Morgan fingerprint density at radius 2 is 1.82 bits per heavy atom. The molecular formula is C22H26F2N2O2. The number of aldehydes is 1. The van der Waals surface area contributed by atoms with Crippen LogP contribution in [0.1, 0.15) is 30.4 Å². The molecule has 1 N–H and O–H groups in total. The number of halogens is 2. The number of hydrogen-bond acceptors (Lipinski definition) is 4. The molecule has 150 valence electrons. The number of rotatable bonds is 9. The lowest BCUT2D eigenvalue weighted by Gasteiger charge is -2.32. The molecule has 0 bridgehead atoms. The fraction of sp³-hybridized carbons (Fsp3) is 0.409. The molecule has 1 fully saturated rings. The number of piperidine rings is 1. The summed E-state index contributed by atoms with van der Waals surface area (Å²) in [6.45, 7) is 1.22. The first-order valence-corrected chi connectivity index (χ1v) is 9.66. The molecule has 0 aromatic heterocycles. The molecule has 0 saturated carbocycles. The van der Waals surface area contributed by atoms with Crippen molar-refractivity contribution in [1.82, 2.24) is 10.2 Å². The van der Waals surface area contributed by atoms with Gasteiger partial charge in [-0.15, -0.1) is 0 Å². The second kappa shape index (κ2) is 9.75. The van der Waals surface area contributed by atoms with E-state index in [1.165, 1.54) is 12.1 Å². The second-order valence-corrected chi connectivity index (χ2v) is 7.07. The van der Waals surface area contributed by atoms with E-state index in [9.17, 15) is 13.6 Å². The molecule has 1 aliphatic heterocycles. The van der Waals surface area contributed by atoms with Crippen LogP contribution < -0.4 is 10.1 Å². The standard InChI is InChI=1S/C22H26F2N2O2/c23-22(24,17-25-21(15-27)26-12-5-2-6-13-26)19-10-7-11-20(14-19)28-16-18-8-3-1-4-9-18/h1,3-4,7-11,14-15,21,25H,2,5-6,12-13,16-17H2. The Morgan fingerprint density at radius 1 is 1.07 bits per heavy atom. The maximum Gasteiger partial charge on any atom is 0.285 e. The van der Waals surface area contributed by atoms with Crippen LogP contribution in [0.5, 0.6) is 5.75 Å². The van der Waals surface area contributed by atoms with E-state index in [0.29, 0.717) is 18.6 Å². The highest BCUT2D eigenvalue weighted by Gasteiger charge is 2.33. The van der Waals surface area contributed by atoms with Gasteiger partial charge >= 0.3 is 0 Å². The molecular weight excluding hydrogens is 362 g/mol. The van der Waals surface area contributed by atoms with Crippen LogP contribution in [-0.4, -0.2) is 37.0 Å². The van der Waals surface area contributed by atoms with E-state index >= 15 is 0 Å². The number of carbonyl (C=O) groups excluding carboxylic acids is 1. The van der Waals surface area contributed by atoms with Crippen molar-refractivity contribution >= 4 is 6.29 Å². The van der Waals surface area contributed by atoms with Gasteiger partial charge in [0.1, 0.15) is 18.5 Å². The molecule has 1 saturated heterocycles. The minimum absolute atomic E-state index is 0.131. The predicted octanol–water partition coefficient (Wildman–Crippen LogP) is 3.96. The molecule has 1 unspecified atom stereocenters. The third kappa shape index (κ3) is 5.59. The number of hydrogen-bond donors (Lipinski definition) is 1. The highest BCUT2D eigenvalue weighted by Crippen LogP contribution is 2.30. The Kier molecular flexibility index (Phi) is 7.12. The van der Waals surface area contributed by atoms with Crippen LogP contribution in [0.2, 0.25) is 0 Å². The molecule has 2 aromatic rings. The maximum atomic E-state index is 14.7. The van der Waals surface area contributed by atoms with E-state index in [1.807, 2.05) is 35.2 Å². The van der Waals surface area contributed by atoms with Crippen LogP contribution in [0.25, 0.3) is 0 Å². The van der Waals surface area contributed by atoms with E-state index in [4.69, 9.17) is 4.74 Å². The Morgan fingerprint density at radius 3 is 2.54 bits per heavy atom. The summed E-state index contributed by atoms with van der Waals surface area (Å²) in [5, 5.41) is 2.72. The summed E-state index contributed by atoms with van der Waals surface area (Å²) < 4.78 is 35.1. The van der Waals surface area contributed by atoms with Gasteiger partial charge in [0, 0.05) is 18.7 Å². The SMILES string of the molecule is O=CC(NCC(F)(F)c1cccc(OCc2ccccc2)c1)N1CCCCC1. The van der Waals surface area contributed by atoms with Gasteiger partial charge in [-0.3, -0.25) is 10.2 Å². The Labute approximate surface area is 164 Å². The summed E-state index contributed by atoms with van der Waals surface area (Å²) in [5.41, 5.74) is 0.838. The van der Waals surface area contributed by atoms with E-state index < -0.39 is 18.6 Å². The zero-order valence-corrected chi connectivity index (χ0v) is 15.8. The van der Waals surface area contributed by atoms with Crippen molar-refractivity contribution in [2.24, 2.45) is 0 Å². The minimum Gasteiger partial charge on any atom is -0.489 e. The van der Waals surface area contributed by atoms with Gasteiger partial charge in [-0.05, 0) is 30.5 Å². The fourth-order valence-electron chi connectivity index (χ4n) is 3.35. The van der Waals surface area contributed by atoms with Crippen LogP contribution in [0.15, 0.2) is 54.6 Å². The quantitative estimate of drug-likeness (QED) is 0.661. The number of likely N-dealkylation sites (tertiary alicyclic amines) is 1. The van der Waals surface area contributed by atoms with E-state index in [-0.39, 0.29) is 5.56 Å². The molecule has 4 nitrogen and oxygen atoms in total. The van der Waals surface area contributed by atoms with Gasteiger partial charge < -0.3 is 9.53 Å². The lowest BCUT2D eigenvalue weighted by molar-refractivity contribution is -0.114. The summed E-state index contributed by atoms with van der Waals surface area (Å²) in [4.78, 5) is 13.3. The molecule has 2 aromatic carbocycles. The van der Waals surface area contributed by atoms with Gasteiger partial charge in [-0.1, -0.05) is 48.9 Å². The molecule has 3 rings (SSSR count). The molecule has 1 atom stereocenters. The smallest absolute Gasteiger partial charge is 0.285 e. The first kappa shape index (κ1) is 20.4. The number of alkyl halides is 2. The van der Waals surface area contributed by atoms with Crippen molar-refractivity contribution in [1.29, 1.82) is 0 Å². The number of nitrogens with zero attached hydrogens (tertiary/aromatic N) is 1. The lowest BCUT2D eigenvalue weighted by Crippen LogP contribution is -2.51. The maximum absolute atomic E-state index is 14.7. The average Bonchev–Trinajstić information content (AvgIpc) is 2.74. The van der Waals surface area contributed by atoms with Crippen LogP contribution in [0.4, 0.5) is 8.78 Å². The Balaban J connectivity index is 1.59. The molecule has 0 aliphatic carbocycles. The number of benzene rings is 2. The van der Waals surface area contributed by atoms with Gasteiger partial charge in [0.05, 0.1) is 6.54 Å². The number of nitrogens with one attached hydrogen (secondary N) is 1. The molecule has 1 aliphatic rings.